The van der Waals surface area contributed by atoms with Gasteiger partial charge in [0.05, 0.1) is 23.7 Å². The molecule has 2 aromatic heterocycles. The molecule has 0 saturated carbocycles. The van der Waals surface area contributed by atoms with Gasteiger partial charge in [0.1, 0.15) is 15.8 Å². The number of ether oxygens (including phenoxy) is 1. The molecule has 0 aliphatic carbocycles. The quantitative estimate of drug-likeness (QED) is 0.374. The van der Waals surface area contributed by atoms with E-state index in [0.29, 0.717) is 59.1 Å². The Kier molecular flexibility index (Phi) is 6.74. The highest BCUT2D eigenvalue weighted by Gasteiger charge is 2.32. The first kappa shape index (κ1) is 22.0. The summed E-state index contributed by atoms with van der Waals surface area (Å²) in [5, 5.41) is 0. The van der Waals surface area contributed by atoms with Crippen LogP contribution in [-0.4, -0.2) is 57.4 Å². The molecule has 2 aliphatic heterocycles. The lowest BCUT2D eigenvalue weighted by molar-refractivity contribution is -0.122. The maximum Gasteiger partial charge on any atom is 0.267 e. The zero-order chi connectivity index (χ0) is 22.0. The highest BCUT2D eigenvalue weighted by atomic mass is 32.2. The maximum atomic E-state index is 13.5. The largest absolute Gasteiger partial charge is 0.378 e. The third-order valence-corrected chi connectivity index (χ3v) is 6.81. The first-order chi connectivity index (χ1) is 15.0. The van der Waals surface area contributed by atoms with Gasteiger partial charge in [-0.05, 0) is 31.1 Å². The van der Waals surface area contributed by atoms with Gasteiger partial charge in [-0.15, -0.1) is 0 Å². The molecule has 0 radical (unpaired) electrons. The second-order valence-corrected chi connectivity index (χ2v) is 9.40. The minimum atomic E-state index is -0.188. The number of unbranched alkanes of at least 4 members (excludes halogenated alkanes) is 2. The molecule has 1 amide bonds. The smallest absolute Gasteiger partial charge is 0.267 e. The van der Waals surface area contributed by atoms with Crippen molar-refractivity contribution in [2.45, 2.75) is 33.1 Å². The Morgan fingerprint density at radius 1 is 1.23 bits per heavy atom. The summed E-state index contributed by atoms with van der Waals surface area (Å²) in [4.78, 5) is 35.4. The van der Waals surface area contributed by atoms with Gasteiger partial charge in [-0.2, -0.15) is 0 Å². The lowest BCUT2D eigenvalue weighted by Crippen LogP contribution is -2.38. The lowest BCUT2D eigenvalue weighted by atomic mass is 10.2. The van der Waals surface area contributed by atoms with Gasteiger partial charge in [-0.3, -0.25) is 18.9 Å². The van der Waals surface area contributed by atoms with Crippen LogP contribution in [0.2, 0.25) is 0 Å². The fourth-order valence-electron chi connectivity index (χ4n) is 3.73. The third-order valence-electron chi connectivity index (χ3n) is 5.43. The number of amides is 1. The number of fused-ring (bicyclic) bond motifs is 1. The van der Waals surface area contributed by atoms with E-state index < -0.39 is 0 Å². The predicted octanol–water partition coefficient (Wildman–Crippen LogP) is 3.23. The molecule has 0 aromatic carbocycles. The Labute approximate surface area is 191 Å². The summed E-state index contributed by atoms with van der Waals surface area (Å²) in [7, 11) is 0. The number of anilines is 1. The van der Waals surface area contributed by atoms with Gasteiger partial charge in [0, 0.05) is 25.8 Å². The summed E-state index contributed by atoms with van der Waals surface area (Å²) in [5.41, 5.74) is 1.77. The van der Waals surface area contributed by atoms with Gasteiger partial charge in [0.25, 0.3) is 11.5 Å². The van der Waals surface area contributed by atoms with Crippen molar-refractivity contribution < 1.29 is 9.53 Å². The number of aromatic nitrogens is 2. The Balaban J connectivity index is 1.78. The molecule has 2 saturated heterocycles. The van der Waals surface area contributed by atoms with E-state index in [9.17, 15) is 9.59 Å². The highest BCUT2D eigenvalue weighted by Crippen LogP contribution is 2.33. The molecule has 0 spiro atoms. The van der Waals surface area contributed by atoms with Gasteiger partial charge in [-0.1, -0.05) is 49.8 Å². The summed E-state index contributed by atoms with van der Waals surface area (Å²) in [6.45, 7) is 7.12. The summed E-state index contributed by atoms with van der Waals surface area (Å²) >= 11 is 6.70. The first-order valence-corrected chi connectivity index (χ1v) is 11.8. The summed E-state index contributed by atoms with van der Waals surface area (Å²) in [6.07, 6.45) is 6.49. The predicted molar refractivity (Wildman–Crippen MR) is 129 cm³/mol. The van der Waals surface area contributed by atoms with E-state index in [-0.39, 0.29) is 11.5 Å². The average molecular weight is 459 g/mol. The summed E-state index contributed by atoms with van der Waals surface area (Å²) in [5.74, 6) is 0.459. The summed E-state index contributed by atoms with van der Waals surface area (Å²) in [6, 6.07) is 3.78. The number of morpholine rings is 1. The number of thioether (sulfide) groups is 1. The zero-order valence-corrected chi connectivity index (χ0v) is 19.4. The fraction of sp³-hybridized carbons (Fsp3) is 0.455. The van der Waals surface area contributed by atoms with Crippen molar-refractivity contribution in [1.29, 1.82) is 0 Å². The molecule has 31 heavy (non-hydrogen) atoms. The second kappa shape index (κ2) is 9.50. The van der Waals surface area contributed by atoms with Gasteiger partial charge in [0.2, 0.25) is 0 Å². The van der Waals surface area contributed by atoms with Crippen LogP contribution in [-0.2, 0) is 9.53 Å². The molecule has 2 aromatic rings. The molecule has 4 heterocycles. The minimum Gasteiger partial charge on any atom is -0.378 e. The van der Waals surface area contributed by atoms with Crippen molar-refractivity contribution >= 4 is 51.7 Å². The first-order valence-electron chi connectivity index (χ1n) is 10.6. The minimum absolute atomic E-state index is 0.132. The number of carbonyl (C=O) groups excluding carboxylic acids is 1. The zero-order valence-electron chi connectivity index (χ0n) is 17.8. The normalized spacial score (nSPS) is 18.6. The van der Waals surface area contributed by atoms with Crippen LogP contribution in [0, 0.1) is 6.92 Å². The SMILES string of the molecule is CCCCCN1C(=O)C(=Cc2c(N3CCOCC3)nc3ccc(C)cn3c2=O)SC1=S. The Bertz CT molecular complexity index is 1110. The number of pyridine rings is 1. The standard InChI is InChI=1S/C22H26N4O3S2/c1-3-4-5-8-25-21(28)17(31-22(25)30)13-16-19(24-9-11-29-12-10-24)23-18-7-6-15(2)14-26(18)20(16)27/h6-7,13-14H,3-5,8-12H2,1-2H3. The van der Waals surface area contributed by atoms with Crippen molar-refractivity contribution in [3.8, 4) is 0 Å². The highest BCUT2D eigenvalue weighted by molar-refractivity contribution is 8.26. The molecule has 0 unspecified atom stereocenters. The van der Waals surface area contributed by atoms with Crippen molar-refractivity contribution in [2.24, 2.45) is 0 Å². The van der Waals surface area contributed by atoms with Crippen LogP contribution >= 0.6 is 24.0 Å². The molecule has 0 N–H and O–H groups in total. The Morgan fingerprint density at radius 3 is 2.74 bits per heavy atom. The molecule has 4 rings (SSSR count). The van der Waals surface area contributed by atoms with Crippen molar-refractivity contribution in [2.75, 3.05) is 37.7 Å². The number of hydrogen-bond acceptors (Lipinski definition) is 7. The average Bonchev–Trinajstić information content (AvgIpc) is 3.04. The lowest BCUT2D eigenvalue weighted by Gasteiger charge is -2.29. The maximum absolute atomic E-state index is 13.5. The molecule has 164 valence electrons. The van der Waals surface area contributed by atoms with Crippen LogP contribution in [0.3, 0.4) is 0 Å². The number of carbonyl (C=O) groups is 1. The second-order valence-electron chi connectivity index (χ2n) is 7.73. The van der Waals surface area contributed by atoms with Crippen LogP contribution in [0.25, 0.3) is 11.7 Å². The molecular formula is C22H26N4O3S2. The number of nitrogens with zero attached hydrogens (tertiary/aromatic N) is 4. The van der Waals surface area contributed by atoms with Crippen molar-refractivity contribution in [1.82, 2.24) is 14.3 Å². The van der Waals surface area contributed by atoms with Gasteiger partial charge < -0.3 is 9.64 Å². The third kappa shape index (κ3) is 4.53. The van der Waals surface area contributed by atoms with Crippen LogP contribution < -0.4 is 10.5 Å². The van der Waals surface area contributed by atoms with E-state index in [1.54, 1.807) is 21.6 Å². The van der Waals surface area contributed by atoms with E-state index in [4.69, 9.17) is 21.9 Å². The van der Waals surface area contributed by atoms with E-state index in [0.717, 1.165) is 24.8 Å². The molecular weight excluding hydrogens is 432 g/mol. The Morgan fingerprint density at radius 2 is 2.00 bits per heavy atom. The van der Waals surface area contributed by atoms with Crippen molar-refractivity contribution in [3.63, 3.8) is 0 Å². The van der Waals surface area contributed by atoms with Crippen LogP contribution in [0.15, 0.2) is 28.0 Å². The van der Waals surface area contributed by atoms with Gasteiger partial charge in [-0.25, -0.2) is 4.98 Å². The number of rotatable bonds is 6. The Hall–Kier alpha value is -2.23. The molecule has 9 heteroatoms. The van der Waals surface area contributed by atoms with Crippen LogP contribution in [0.5, 0.6) is 0 Å². The number of aryl methyl sites for hydroxylation is 1. The van der Waals surface area contributed by atoms with E-state index in [2.05, 4.69) is 11.8 Å². The van der Waals surface area contributed by atoms with E-state index in [1.807, 2.05) is 19.1 Å². The van der Waals surface area contributed by atoms with Gasteiger partial charge in [0.15, 0.2) is 0 Å². The fourth-order valence-corrected chi connectivity index (χ4v) is 5.02. The molecule has 0 bridgehead atoms. The molecule has 2 aliphatic rings. The number of thiocarbonyl (C=S) groups is 1. The summed E-state index contributed by atoms with van der Waals surface area (Å²) < 4.78 is 7.56. The van der Waals surface area contributed by atoms with Crippen LogP contribution in [0.4, 0.5) is 5.82 Å². The number of hydrogen-bond donors (Lipinski definition) is 0. The van der Waals surface area contributed by atoms with E-state index >= 15 is 0 Å². The topological polar surface area (TPSA) is 67.2 Å². The van der Waals surface area contributed by atoms with Crippen molar-refractivity contribution in [3.05, 3.63) is 44.7 Å². The van der Waals surface area contributed by atoms with E-state index in [1.165, 1.54) is 11.8 Å². The molecule has 7 nitrogen and oxygen atoms in total. The monoisotopic (exact) mass is 458 g/mol. The molecule has 2 fully saturated rings. The van der Waals surface area contributed by atoms with Gasteiger partial charge >= 0.3 is 0 Å². The van der Waals surface area contributed by atoms with Crippen LogP contribution in [0.1, 0.15) is 37.3 Å². The molecule has 0 atom stereocenters.